The third kappa shape index (κ3) is 3.08. The van der Waals surface area contributed by atoms with Gasteiger partial charge in [0.05, 0.1) is 22.6 Å². The Morgan fingerprint density at radius 3 is 2.42 bits per heavy atom. The average Bonchev–Trinajstić information content (AvgIpc) is 3.18. The fraction of sp³-hybridized carbons (Fsp3) is 0.310. The molecule has 1 spiro atoms. The predicted molar refractivity (Wildman–Crippen MR) is 142 cm³/mol. The van der Waals surface area contributed by atoms with Crippen molar-refractivity contribution in [3.63, 3.8) is 0 Å². The first-order valence-corrected chi connectivity index (χ1v) is 12.9. The highest BCUT2D eigenvalue weighted by Gasteiger charge is 2.52. The van der Waals surface area contributed by atoms with Crippen molar-refractivity contribution in [2.45, 2.75) is 45.1 Å². The second kappa shape index (κ2) is 7.77. The summed E-state index contributed by atoms with van der Waals surface area (Å²) in [5, 5.41) is 9.11. The van der Waals surface area contributed by atoms with Crippen LogP contribution < -0.4 is 11.0 Å². The lowest BCUT2D eigenvalue weighted by Gasteiger charge is -2.27. The number of aromatic nitrogens is 5. The first-order valence-electron chi connectivity index (χ1n) is 12.9. The van der Waals surface area contributed by atoms with Crippen molar-refractivity contribution in [2.24, 2.45) is 7.05 Å². The summed E-state index contributed by atoms with van der Waals surface area (Å²) in [5.74, 6) is -0.104. The van der Waals surface area contributed by atoms with Gasteiger partial charge in [0.25, 0.3) is 0 Å². The van der Waals surface area contributed by atoms with Gasteiger partial charge in [0.1, 0.15) is 11.6 Å². The molecule has 0 radical (unpaired) electrons. The van der Waals surface area contributed by atoms with Crippen LogP contribution in [0.1, 0.15) is 48.2 Å². The SMILES string of the molecule is Cc1cc(-n2nc3c(c2-n2ccn(-c4ccc5c(ccn5C)c4F)c2=O)[C@H](C)NCC32CC2)cc(C)c1F. The highest BCUT2D eigenvalue weighted by molar-refractivity contribution is 5.83. The quantitative estimate of drug-likeness (QED) is 0.373. The Hall–Kier alpha value is -3.98. The van der Waals surface area contributed by atoms with Gasteiger partial charge in [0, 0.05) is 54.6 Å². The number of aryl methyl sites for hydroxylation is 3. The van der Waals surface area contributed by atoms with Crippen LogP contribution in [-0.2, 0) is 12.5 Å². The third-order valence-electron chi connectivity index (χ3n) is 8.34. The lowest BCUT2D eigenvalue weighted by Crippen LogP contribution is -2.36. The maximum Gasteiger partial charge on any atom is 0.338 e. The fourth-order valence-corrected chi connectivity index (χ4v) is 5.98. The summed E-state index contributed by atoms with van der Waals surface area (Å²) in [6.45, 7) is 6.35. The van der Waals surface area contributed by atoms with Crippen molar-refractivity contribution in [1.29, 1.82) is 0 Å². The van der Waals surface area contributed by atoms with Gasteiger partial charge in [0.2, 0.25) is 0 Å². The van der Waals surface area contributed by atoms with E-state index in [1.807, 2.05) is 17.7 Å². The van der Waals surface area contributed by atoms with Gasteiger partial charge in [0.15, 0.2) is 5.82 Å². The van der Waals surface area contributed by atoms with Gasteiger partial charge in [-0.15, -0.1) is 0 Å². The zero-order valence-corrected chi connectivity index (χ0v) is 21.7. The van der Waals surface area contributed by atoms with E-state index >= 15 is 4.39 Å². The Bertz CT molecular complexity index is 1810. The standard InChI is InChI=1S/C29H28F2N6O/c1-16-13-19(14-17(2)24(16)30)37-27(23-18(3)32-15-29(8-9-29)26(23)33-37)36-12-11-35(28(36)38)22-6-5-21-20(25(22)31)7-10-34(21)4/h5-7,10-14,18,32H,8-9,15H2,1-4H3/t18-/m0/s1. The van der Waals surface area contributed by atoms with Gasteiger partial charge < -0.3 is 9.88 Å². The minimum Gasteiger partial charge on any atom is -0.350 e. The topological polar surface area (TPSA) is 61.7 Å². The second-order valence-corrected chi connectivity index (χ2v) is 10.9. The van der Waals surface area contributed by atoms with E-state index in [2.05, 4.69) is 12.2 Å². The molecule has 9 heteroatoms. The molecule has 5 aromatic rings. The predicted octanol–water partition coefficient (Wildman–Crippen LogP) is 4.90. The number of nitrogens with one attached hydrogen (secondary N) is 1. The van der Waals surface area contributed by atoms with Gasteiger partial charge >= 0.3 is 5.69 Å². The highest BCUT2D eigenvalue weighted by Crippen LogP contribution is 2.53. The lowest BCUT2D eigenvalue weighted by atomic mass is 9.90. The summed E-state index contributed by atoms with van der Waals surface area (Å²) >= 11 is 0. The van der Waals surface area contributed by atoms with Crippen molar-refractivity contribution in [3.05, 3.63) is 93.4 Å². The fourth-order valence-electron chi connectivity index (χ4n) is 5.98. The van der Waals surface area contributed by atoms with Gasteiger partial charge in [-0.2, -0.15) is 5.10 Å². The van der Waals surface area contributed by atoms with Crippen LogP contribution in [0.2, 0.25) is 0 Å². The molecular formula is C29H28F2N6O. The molecule has 194 valence electrons. The molecule has 1 aliphatic carbocycles. The van der Waals surface area contributed by atoms with Crippen LogP contribution in [0.25, 0.3) is 28.1 Å². The summed E-state index contributed by atoms with van der Waals surface area (Å²) in [7, 11) is 1.86. The van der Waals surface area contributed by atoms with Gasteiger partial charge in [-0.1, -0.05) is 0 Å². The van der Waals surface area contributed by atoms with Crippen molar-refractivity contribution in [3.8, 4) is 17.2 Å². The van der Waals surface area contributed by atoms with Gasteiger partial charge in [-0.3, -0.25) is 9.13 Å². The first kappa shape index (κ1) is 23.2. The first-order chi connectivity index (χ1) is 18.2. The number of fused-ring (bicyclic) bond motifs is 3. The average molecular weight is 515 g/mol. The molecule has 0 saturated heterocycles. The Morgan fingerprint density at radius 2 is 1.71 bits per heavy atom. The normalized spacial score (nSPS) is 17.9. The molecule has 38 heavy (non-hydrogen) atoms. The number of nitrogens with zero attached hydrogens (tertiary/aromatic N) is 5. The molecule has 0 amide bonds. The second-order valence-electron chi connectivity index (χ2n) is 10.9. The zero-order chi connectivity index (χ0) is 26.5. The Kier molecular flexibility index (Phi) is 4.73. The summed E-state index contributed by atoms with van der Waals surface area (Å²) in [5.41, 5.74) is 4.12. The monoisotopic (exact) mass is 514 g/mol. The minimum atomic E-state index is -0.449. The van der Waals surface area contributed by atoms with Crippen LogP contribution in [0, 0.1) is 25.5 Å². The van der Waals surface area contributed by atoms with Crippen LogP contribution in [0.5, 0.6) is 0 Å². The van der Waals surface area contributed by atoms with E-state index in [9.17, 15) is 9.18 Å². The van der Waals surface area contributed by atoms with Crippen LogP contribution in [0.4, 0.5) is 8.78 Å². The van der Waals surface area contributed by atoms with Crippen LogP contribution in [0.15, 0.2) is 53.7 Å². The van der Waals surface area contributed by atoms with Crippen molar-refractivity contribution >= 4 is 10.9 Å². The van der Waals surface area contributed by atoms with E-state index in [4.69, 9.17) is 5.10 Å². The van der Waals surface area contributed by atoms with E-state index in [1.165, 1.54) is 9.13 Å². The van der Waals surface area contributed by atoms with Crippen LogP contribution >= 0.6 is 0 Å². The van der Waals surface area contributed by atoms with Crippen molar-refractivity contribution < 1.29 is 8.78 Å². The highest BCUT2D eigenvalue weighted by atomic mass is 19.1. The van der Waals surface area contributed by atoms with Gasteiger partial charge in [-0.05, 0) is 75.1 Å². The molecular weight excluding hydrogens is 486 g/mol. The molecule has 0 unspecified atom stereocenters. The maximum absolute atomic E-state index is 15.6. The molecule has 7 rings (SSSR count). The molecule has 1 saturated carbocycles. The molecule has 1 N–H and O–H groups in total. The summed E-state index contributed by atoms with van der Waals surface area (Å²) < 4.78 is 36.6. The van der Waals surface area contributed by atoms with Crippen molar-refractivity contribution in [2.75, 3.05) is 6.54 Å². The van der Waals surface area contributed by atoms with E-state index in [-0.39, 0.29) is 23.0 Å². The molecule has 2 aliphatic rings. The third-order valence-corrected chi connectivity index (χ3v) is 8.34. The van der Waals surface area contributed by atoms with E-state index in [1.54, 1.807) is 61.4 Å². The number of halogens is 2. The summed E-state index contributed by atoms with van der Waals surface area (Å²) in [4.78, 5) is 13.9. The number of imidazole rings is 1. The molecule has 1 aliphatic heterocycles. The largest absolute Gasteiger partial charge is 0.350 e. The number of hydrogen-bond donors (Lipinski definition) is 1. The summed E-state index contributed by atoms with van der Waals surface area (Å²) in [6.07, 6.45) is 7.10. The summed E-state index contributed by atoms with van der Waals surface area (Å²) in [6, 6.07) is 8.63. The Balaban J connectivity index is 1.48. The molecule has 2 aromatic carbocycles. The van der Waals surface area contributed by atoms with E-state index in [0.717, 1.165) is 36.2 Å². The minimum absolute atomic E-state index is 0.0460. The molecule has 4 heterocycles. The smallest absolute Gasteiger partial charge is 0.338 e. The van der Waals surface area contributed by atoms with Crippen molar-refractivity contribution in [1.82, 2.24) is 28.8 Å². The molecule has 3 aromatic heterocycles. The number of hydrogen-bond acceptors (Lipinski definition) is 3. The maximum atomic E-state index is 15.6. The van der Waals surface area contributed by atoms with Crippen LogP contribution in [-0.4, -0.2) is 30.0 Å². The number of benzene rings is 2. The molecule has 7 nitrogen and oxygen atoms in total. The Labute approximate surface area is 217 Å². The van der Waals surface area contributed by atoms with Gasteiger partial charge in [-0.25, -0.2) is 18.3 Å². The zero-order valence-electron chi connectivity index (χ0n) is 21.7. The Morgan fingerprint density at radius 1 is 1.00 bits per heavy atom. The lowest BCUT2D eigenvalue weighted by molar-refractivity contribution is 0.459. The molecule has 0 bridgehead atoms. The van der Waals surface area contributed by atoms with Crippen LogP contribution in [0.3, 0.4) is 0 Å². The van der Waals surface area contributed by atoms with E-state index < -0.39 is 11.5 Å². The molecule has 1 fully saturated rings. The number of rotatable bonds is 3. The van der Waals surface area contributed by atoms with E-state index in [0.29, 0.717) is 28.0 Å². The molecule has 1 atom stereocenters.